The van der Waals surface area contributed by atoms with Crippen molar-refractivity contribution in [1.29, 1.82) is 0 Å². The Morgan fingerprint density at radius 2 is 1.83 bits per heavy atom. The van der Waals surface area contributed by atoms with Gasteiger partial charge in [-0.05, 0) is 54.4 Å². The highest BCUT2D eigenvalue weighted by atomic mass is 35.5. The van der Waals surface area contributed by atoms with Crippen LogP contribution in [0.15, 0.2) is 54.7 Å². The fourth-order valence-electron chi connectivity index (χ4n) is 2.27. The maximum atomic E-state index is 13.1. The minimum atomic E-state index is -0.357. The molecule has 0 radical (unpaired) electrons. The lowest BCUT2D eigenvalue weighted by Gasteiger charge is -2.08. The van der Waals surface area contributed by atoms with Crippen molar-refractivity contribution in [3.05, 3.63) is 77.1 Å². The summed E-state index contributed by atoms with van der Waals surface area (Å²) >= 11 is 5.81. The predicted octanol–water partition coefficient (Wildman–Crippen LogP) is 4.50. The number of pyridine rings is 2. The number of anilines is 1. The van der Waals surface area contributed by atoms with Crippen LogP contribution >= 0.6 is 11.6 Å². The van der Waals surface area contributed by atoms with E-state index < -0.39 is 0 Å². The highest BCUT2D eigenvalue weighted by Crippen LogP contribution is 2.22. The Hall–Kier alpha value is -2.79. The van der Waals surface area contributed by atoms with E-state index in [1.807, 2.05) is 6.07 Å². The van der Waals surface area contributed by atoms with Crippen molar-refractivity contribution >= 4 is 23.2 Å². The van der Waals surface area contributed by atoms with Gasteiger partial charge in [0.25, 0.3) is 5.91 Å². The monoisotopic (exact) mass is 341 g/mol. The lowest BCUT2D eigenvalue weighted by molar-refractivity contribution is 0.102. The van der Waals surface area contributed by atoms with Gasteiger partial charge in [0.2, 0.25) is 0 Å². The lowest BCUT2D eigenvalue weighted by Crippen LogP contribution is -2.14. The molecule has 0 fully saturated rings. The van der Waals surface area contributed by atoms with E-state index in [-0.39, 0.29) is 22.6 Å². The van der Waals surface area contributed by atoms with E-state index in [2.05, 4.69) is 15.3 Å². The van der Waals surface area contributed by atoms with Gasteiger partial charge in [-0.25, -0.2) is 14.4 Å². The van der Waals surface area contributed by atoms with E-state index in [4.69, 9.17) is 11.6 Å². The van der Waals surface area contributed by atoms with E-state index in [1.165, 1.54) is 18.3 Å². The van der Waals surface area contributed by atoms with Crippen LogP contribution in [0.1, 0.15) is 16.2 Å². The largest absolute Gasteiger partial charge is 0.320 e. The third kappa shape index (κ3) is 3.75. The molecule has 0 atom stereocenters. The van der Waals surface area contributed by atoms with Crippen LogP contribution in [0.25, 0.3) is 11.1 Å². The van der Waals surface area contributed by atoms with Crippen molar-refractivity contribution in [1.82, 2.24) is 9.97 Å². The first kappa shape index (κ1) is 16.1. The van der Waals surface area contributed by atoms with Gasteiger partial charge in [0.1, 0.15) is 16.7 Å². The van der Waals surface area contributed by atoms with Crippen molar-refractivity contribution in [2.45, 2.75) is 6.92 Å². The molecule has 2 aromatic heterocycles. The van der Waals surface area contributed by atoms with E-state index >= 15 is 0 Å². The normalized spacial score (nSPS) is 10.5. The van der Waals surface area contributed by atoms with Crippen LogP contribution in [-0.2, 0) is 0 Å². The molecule has 0 saturated heterocycles. The Kier molecular flexibility index (Phi) is 4.53. The Morgan fingerprint density at radius 1 is 1.08 bits per heavy atom. The molecule has 1 N–H and O–H groups in total. The number of carbonyl (C=O) groups is 1. The zero-order valence-corrected chi connectivity index (χ0v) is 13.5. The van der Waals surface area contributed by atoms with Crippen molar-refractivity contribution in [3.63, 3.8) is 0 Å². The minimum Gasteiger partial charge on any atom is -0.320 e. The summed E-state index contributed by atoms with van der Waals surface area (Å²) in [6.45, 7) is 1.80. The number of carbonyl (C=O) groups excluding carboxylic acids is 1. The lowest BCUT2D eigenvalue weighted by atomic mass is 10.0. The van der Waals surface area contributed by atoms with E-state index in [0.717, 1.165) is 11.1 Å². The molecule has 1 amide bonds. The standard InChI is InChI=1S/C18H13ClFN3O/c1-11-8-13(12-2-4-14(20)5-3-12)9-16(22-11)18(24)23-15-6-7-21-17(19)10-15/h2-10H,1H3,(H,21,23,24). The summed E-state index contributed by atoms with van der Waals surface area (Å²) in [4.78, 5) is 20.5. The van der Waals surface area contributed by atoms with Gasteiger partial charge in [0.15, 0.2) is 0 Å². The number of benzene rings is 1. The van der Waals surface area contributed by atoms with Crippen LogP contribution < -0.4 is 5.32 Å². The molecule has 120 valence electrons. The number of amides is 1. The smallest absolute Gasteiger partial charge is 0.274 e. The summed E-state index contributed by atoms with van der Waals surface area (Å²) in [5.74, 6) is -0.665. The second-order valence-corrected chi connectivity index (χ2v) is 5.60. The second-order valence-electron chi connectivity index (χ2n) is 5.21. The van der Waals surface area contributed by atoms with Gasteiger partial charge >= 0.3 is 0 Å². The quantitative estimate of drug-likeness (QED) is 0.714. The average Bonchev–Trinajstić information content (AvgIpc) is 2.55. The molecule has 2 heterocycles. The van der Waals surface area contributed by atoms with Gasteiger partial charge in [0.05, 0.1) is 0 Å². The van der Waals surface area contributed by atoms with Gasteiger partial charge in [-0.1, -0.05) is 23.7 Å². The van der Waals surface area contributed by atoms with Gasteiger partial charge in [-0.3, -0.25) is 4.79 Å². The third-order valence-corrected chi connectivity index (χ3v) is 3.55. The Balaban J connectivity index is 1.90. The summed E-state index contributed by atoms with van der Waals surface area (Å²) in [6, 6.07) is 12.8. The topological polar surface area (TPSA) is 54.9 Å². The van der Waals surface area contributed by atoms with Crippen molar-refractivity contribution in [2.24, 2.45) is 0 Å². The Bertz CT molecular complexity index is 897. The number of aromatic nitrogens is 2. The van der Waals surface area contributed by atoms with Crippen LogP contribution in [0.5, 0.6) is 0 Å². The molecule has 0 unspecified atom stereocenters. The number of aryl methyl sites for hydroxylation is 1. The van der Waals surface area contributed by atoms with Gasteiger partial charge in [0, 0.05) is 17.6 Å². The van der Waals surface area contributed by atoms with Crippen molar-refractivity contribution in [2.75, 3.05) is 5.32 Å². The molecule has 3 rings (SSSR count). The third-order valence-electron chi connectivity index (χ3n) is 3.35. The molecule has 24 heavy (non-hydrogen) atoms. The van der Waals surface area contributed by atoms with Gasteiger partial charge in [-0.2, -0.15) is 0 Å². The summed E-state index contributed by atoms with van der Waals surface area (Å²) in [5, 5.41) is 3.02. The molecular weight excluding hydrogens is 329 g/mol. The highest BCUT2D eigenvalue weighted by Gasteiger charge is 2.11. The zero-order valence-electron chi connectivity index (χ0n) is 12.8. The van der Waals surface area contributed by atoms with Crippen molar-refractivity contribution < 1.29 is 9.18 Å². The summed E-state index contributed by atoms with van der Waals surface area (Å²) in [7, 11) is 0. The molecule has 1 aromatic carbocycles. The first-order valence-corrected chi connectivity index (χ1v) is 7.56. The molecule has 0 saturated carbocycles. The maximum Gasteiger partial charge on any atom is 0.274 e. The highest BCUT2D eigenvalue weighted by molar-refractivity contribution is 6.29. The maximum absolute atomic E-state index is 13.1. The average molecular weight is 342 g/mol. The van der Waals surface area contributed by atoms with Crippen LogP contribution in [0.3, 0.4) is 0 Å². The van der Waals surface area contributed by atoms with Crippen molar-refractivity contribution in [3.8, 4) is 11.1 Å². The molecular formula is C18H13ClFN3O. The van der Waals surface area contributed by atoms with Gasteiger partial charge < -0.3 is 5.32 Å². The van der Waals surface area contributed by atoms with Crippen LogP contribution in [-0.4, -0.2) is 15.9 Å². The fraction of sp³-hybridized carbons (Fsp3) is 0.0556. The zero-order chi connectivity index (χ0) is 17.1. The molecule has 0 aliphatic carbocycles. The summed E-state index contributed by atoms with van der Waals surface area (Å²) in [6.07, 6.45) is 1.51. The molecule has 0 aliphatic heterocycles. The Labute approximate surface area is 143 Å². The number of hydrogen-bond donors (Lipinski definition) is 1. The fourth-order valence-corrected chi connectivity index (χ4v) is 2.44. The summed E-state index contributed by atoms with van der Waals surface area (Å²) < 4.78 is 13.1. The minimum absolute atomic E-state index is 0.266. The van der Waals surface area contributed by atoms with Gasteiger partial charge in [-0.15, -0.1) is 0 Å². The molecule has 0 spiro atoms. The number of hydrogen-bond acceptors (Lipinski definition) is 3. The van der Waals surface area contributed by atoms with E-state index in [9.17, 15) is 9.18 Å². The van der Waals surface area contributed by atoms with Crippen LogP contribution in [0.2, 0.25) is 5.15 Å². The first-order valence-electron chi connectivity index (χ1n) is 7.19. The number of nitrogens with one attached hydrogen (secondary N) is 1. The molecule has 3 aromatic rings. The van der Waals surface area contributed by atoms with Crippen LogP contribution in [0, 0.1) is 12.7 Å². The number of halogens is 2. The predicted molar refractivity (Wildman–Crippen MR) is 91.6 cm³/mol. The molecule has 6 heteroatoms. The first-order chi connectivity index (χ1) is 11.5. The summed E-state index contributed by atoms with van der Waals surface area (Å²) in [5.41, 5.74) is 3.09. The molecule has 4 nitrogen and oxygen atoms in total. The molecule has 0 bridgehead atoms. The van der Waals surface area contributed by atoms with E-state index in [1.54, 1.807) is 37.3 Å². The molecule has 0 aliphatic rings. The van der Waals surface area contributed by atoms with E-state index in [0.29, 0.717) is 11.4 Å². The van der Waals surface area contributed by atoms with Crippen LogP contribution in [0.4, 0.5) is 10.1 Å². The Morgan fingerprint density at radius 3 is 2.54 bits per heavy atom. The number of nitrogens with zero attached hydrogens (tertiary/aromatic N) is 2. The SMILES string of the molecule is Cc1cc(-c2ccc(F)cc2)cc(C(=O)Nc2ccnc(Cl)c2)n1. The second kappa shape index (κ2) is 6.76. The number of rotatable bonds is 3.